The SMILES string of the molecule is O=C(c1nccs1)N1CCN(C2CC(=O)N(c3ccc(Br)cc3)C2)CC1. The minimum Gasteiger partial charge on any atom is -0.334 e. The van der Waals surface area contributed by atoms with E-state index in [-0.39, 0.29) is 17.9 Å². The summed E-state index contributed by atoms with van der Waals surface area (Å²) < 4.78 is 1.01. The molecule has 2 aromatic rings. The largest absolute Gasteiger partial charge is 0.334 e. The first kappa shape index (κ1) is 17.6. The number of hydrogen-bond acceptors (Lipinski definition) is 5. The summed E-state index contributed by atoms with van der Waals surface area (Å²) >= 11 is 4.81. The van der Waals surface area contributed by atoms with Crippen molar-refractivity contribution in [2.24, 2.45) is 0 Å². The van der Waals surface area contributed by atoms with Gasteiger partial charge in [0, 0.05) is 66.9 Å². The Morgan fingerprint density at radius 1 is 1.15 bits per heavy atom. The monoisotopic (exact) mass is 434 g/mol. The normalized spacial score (nSPS) is 21.4. The smallest absolute Gasteiger partial charge is 0.282 e. The summed E-state index contributed by atoms with van der Waals surface area (Å²) in [5.74, 6) is 0.178. The molecule has 2 saturated heterocycles. The third-order valence-corrected chi connectivity index (χ3v) is 6.27. The van der Waals surface area contributed by atoms with Crippen molar-refractivity contribution in [3.8, 4) is 0 Å². The van der Waals surface area contributed by atoms with Gasteiger partial charge in [0.25, 0.3) is 5.91 Å². The lowest BCUT2D eigenvalue weighted by Crippen LogP contribution is -2.52. The number of anilines is 1. The molecule has 1 unspecified atom stereocenters. The van der Waals surface area contributed by atoms with Crippen molar-refractivity contribution in [2.75, 3.05) is 37.6 Å². The molecular weight excluding hydrogens is 416 g/mol. The summed E-state index contributed by atoms with van der Waals surface area (Å²) in [6.07, 6.45) is 2.20. The molecule has 4 rings (SSSR count). The van der Waals surface area contributed by atoms with E-state index in [9.17, 15) is 9.59 Å². The van der Waals surface area contributed by atoms with Gasteiger partial charge in [-0.15, -0.1) is 11.3 Å². The molecule has 1 aromatic heterocycles. The number of hydrogen-bond donors (Lipinski definition) is 0. The quantitative estimate of drug-likeness (QED) is 0.744. The van der Waals surface area contributed by atoms with Crippen LogP contribution in [-0.2, 0) is 4.79 Å². The Labute approximate surface area is 164 Å². The molecule has 2 amide bonds. The van der Waals surface area contributed by atoms with E-state index in [2.05, 4.69) is 25.8 Å². The first-order chi connectivity index (χ1) is 12.6. The number of benzene rings is 1. The first-order valence-corrected chi connectivity index (χ1v) is 10.3. The Hall–Kier alpha value is -1.77. The number of piperazine rings is 1. The molecule has 6 nitrogen and oxygen atoms in total. The Kier molecular flexibility index (Phi) is 5.06. The number of halogens is 1. The van der Waals surface area contributed by atoms with Crippen LogP contribution >= 0.6 is 27.3 Å². The van der Waals surface area contributed by atoms with Crippen molar-refractivity contribution in [3.63, 3.8) is 0 Å². The second kappa shape index (κ2) is 7.46. The van der Waals surface area contributed by atoms with Gasteiger partial charge in [0.15, 0.2) is 5.01 Å². The minimum atomic E-state index is 0.0126. The minimum absolute atomic E-state index is 0.0126. The summed E-state index contributed by atoms with van der Waals surface area (Å²) in [6, 6.07) is 8.06. The fraction of sp³-hybridized carbons (Fsp3) is 0.389. The molecule has 0 bridgehead atoms. The van der Waals surface area contributed by atoms with Crippen LogP contribution < -0.4 is 4.90 Å². The van der Waals surface area contributed by atoms with E-state index in [4.69, 9.17) is 0 Å². The second-order valence-corrected chi connectivity index (χ2v) is 8.31. The standard InChI is InChI=1S/C18H19BrN4O2S/c19-13-1-3-14(4-2-13)23-12-15(11-16(23)24)21-6-8-22(9-7-21)18(25)17-20-5-10-26-17/h1-5,10,15H,6-9,11-12H2. The van der Waals surface area contributed by atoms with E-state index in [1.165, 1.54) is 11.3 Å². The molecule has 1 aromatic carbocycles. The molecule has 0 spiro atoms. The van der Waals surface area contributed by atoms with Crippen LogP contribution in [0.1, 0.15) is 16.2 Å². The van der Waals surface area contributed by atoms with Crippen LogP contribution in [0.5, 0.6) is 0 Å². The van der Waals surface area contributed by atoms with Crippen LogP contribution in [0.3, 0.4) is 0 Å². The summed E-state index contributed by atoms with van der Waals surface area (Å²) in [4.78, 5) is 35.0. The topological polar surface area (TPSA) is 56.8 Å². The van der Waals surface area contributed by atoms with Gasteiger partial charge in [-0.05, 0) is 24.3 Å². The molecule has 0 N–H and O–H groups in total. The van der Waals surface area contributed by atoms with Crippen molar-refractivity contribution in [3.05, 3.63) is 45.3 Å². The number of thiazole rings is 1. The van der Waals surface area contributed by atoms with Crippen molar-refractivity contribution in [2.45, 2.75) is 12.5 Å². The zero-order valence-electron chi connectivity index (χ0n) is 14.2. The van der Waals surface area contributed by atoms with Gasteiger partial charge in [0.1, 0.15) is 0 Å². The average molecular weight is 435 g/mol. The molecule has 0 saturated carbocycles. The second-order valence-electron chi connectivity index (χ2n) is 6.50. The maximum Gasteiger partial charge on any atom is 0.282 e. The fourth-order valence-electron chi connectivity index (χ4n) is 3.56. The van der Waals surface area contributed by atoms with Crippen LogP contribution in [0.4, 0.5) is 5.69 Å². The number of amides is 2. The highest BCUT2D eigenvalue weighted by molar-refractivity contribution is 9.10. The predicted octanol–water partition coefficient (Wildman–Crippen LogP) is 2.47. The van der Waals surface area contributed by atoms with Crippen molar-refractivity contribution in [1.29, 1.82) is 0 Å². The van der Waals surface area contributed by atoms with Gasteiger partial charge < -0.3 is 9.80 Å². The lowest BCUT2D eigenvalue weighted by atomic mass is 10.2. The molecule has 0 aliphatic carbocycles. The van der Waals surface area contributed by atoms with Crippen LogP contribution in [0.2, 0.25) is 0 Å². The fourth-order valence-corrected chi connectivity index (χ4v) is 4.42. The molecule has 2 aliphatic heterocycles. The Morgan fingerprint density at radius 3 is 2.54 bits per heavy atom. The van der Waals surface area contributed by atoms with Gasteiger partial charge in [-0.25, -0.2) is 4.98 Å². The van der Waals surface area contributed by atoms with E-state index >= 15 is 0 Å². The number of carbonyl (C=O) groups excluding carboxylic acids is 2. The van der Waals surface area contributed by atoms with E-state index < -0.39 is 0 Å². The Morgan fingerprint density at radius 2 is 1.88 bits per heavy atom. The zero-order valence-corrected chi connectivity index (χ0v) is 16.6. The number of carbonyl (C=O) groups is 2. The van der Waals surface area contributed by atoms with E-state index in [0.29, 0.717) is 31.1 Å². The first-order valence-electron chi connectivity index (χ1n) is 8.60. The molecule has 2 fully saturated rings. The highest BCUT2D eigenvalue weighted by atomic mass is 79.9. The molecule has 0 radical (unpaired) electrons. The van der Waals surface area contributed by atoms with Gasteiger partial charge in [-0.1, -0.05) is 15.9 Å². The Balaban J connectivity index is 1.36. The number of aromatic nitrogens is 1. The lowest BCUT2D eigenvalue weighted by Gasteiger charge is -2.37. The molecular formula is C18H19BrN4O2S. The highest BCUT2D eigenvalue weighted by Gasteiger charge is 2.36. The maximum atomic E-state index is 12.5. The van der Waals surface area contributed by atoms with Crippen LogP contribution in [0.25, 0.3) is 0 Å². The number of nitrogens with zero attached hydrogens (tertiary/aromatic N) is 4. The summed E-state index contributed by atoms with van der Waals surface area (Å²) in [6.45, 7) is 3.66. The molecule has 1 atom stereocenters. The maximum absolute atomic E-state index is 12.5. The summed E-state index contributed by atoms with van der Waals surface area (Å²) in [7, 11) is 0. The summed E-state index contributed by atoms with van der Waals surface area (Å²) in [5.41, 5.74) is 0.943. The lowest BCUT2D eigenvalue weighted by molar-refractivity contribution is -0.117. The summed E-state index contributed by atoms with van der Waals surface area (Å²) in [5, 5.41) is 2.38. The highest BCUT2D eigenvalue weighted by Crippen LogP contribution is 2.26. The van der Waals surface area contributed by atoms with Gasteiger partial charge in [-0.2, -0.15) is 0 Å². The van der Waals surface area contributed by atoms with Crippen LogP contribution in [-0.4, -0.2) is 65.4 Å². The average Bonchev–Trinajstić information content (AvgIpc) is 3.32. The van der Waals surface area contributed by atoms with Gasteiger partial charge >= 0.3 is 0 Å². The van der Waals surface area contributed by atoms with Crippen LogP contribution in [0, 0.1) is 0 Å². The molecule has 26 heavy (non-hydrogen) atoms. The predicted molar refractivity (Wildman–Crippen MR) is 104 cm³/mol. The third kappa shape index (κ3) is 3.54. The molecule has 8 heteroatoms. The molecule has 3 heterocycles. The van der Waals surface area contributed by atoms with Gasteiger partial charge in [0.2, 0.25) is 5.91 Å². The number of rotatable bonds is 3. The Bertz CT molecular complexity index is 788. The van der Waals surface area contributed by atoms with E-state index in [0.717, 1.165) is 23.2 Å². The zero-order chi connectivity index (χ0) is 18.1. The van der Waals surface area contributed by atoms with Crippen molar-refractivity contribution < 1.29 is 9.59 Å². The van der Waals surface area contributed by atoms with Crippen molar-refractivity contribution in [1.82, 2.24) is 14.8 Å². The molecule has 2 aliphatic rings. The van der Waals surface area contributed by atoms with Crippen LogP contribution in [0.15, 0.2) is 40.3 Å². The molecule has 136 valence electrons. The van der Waals surface area contributed by atoms with E-state index in [1.54, 1.807) is 6.20 Å². The van der Waals surface area contributed by atoms with Gasteiger partial charge in [-0.3, -0.25) is 14.5 Å². The van der Waals surface area contributed by atoms with Gasteiger partial charge in [0.05, 0.1) is 0 Å². The third-order valence-electron chi connectivity index (χ3n) is 4.98. The van der Waals surface area contributed by atoms with Crippen molar-refractivity contribution >= 4 is 44.8 Å². The van der Waals surface area contributed by atoms with E-state index in [1.807, 2.05) is 39.4 Å².